The van der Waals surface area contributed by atoms with Gasteiger partial charge in [-0.3, -0.25) is 4.79 Å². The first-order chi connectivity index (χ1) is 10.3. The van der Waals surface area contributed by atoms with Crippen LogP contribution in [0.1, 0.15) is 31.6 Å². The molecule has 0 aliphatic rings. The van der Waals surface area contributed by atoms with Crippen LogP contribution < -0.4 is 15.8 Å². The minimum Gasteiger partial charge on any atom is -0.356 e. The monoisotopic (exact) mass is 383 g/mol. The highest BCUT2D eigenvalue weighted by Gasteiger charge is 2.16. The van der Waals surface area contributed by atoms with Crippen LogP contribution in [0.3, 0.4) is 0 Å². The number of halogens is 1. The SMILES string of the molecule is CC(C)CC(=O)NCCc1ccc(S(=O)(=O)NCCCN)s1.Cl. The van der Waals surface area contributed by atoms with E-state index in [0.717, 1.165) is 4.88 Å². The van der Waals surface area contributed by atoms with Crippen LogP contribution in [0.4, 0.5) is 0 Å². The van der Waals surface area contributed by atoms with Crippen molar-refractivity contribution in [3.8, 4) is 0 Å². The van der Waals surface area contributed by atoms with Gasteiger partial charge >= 0.3 is 0 Å². The number of carbonyl (C=O) groups is 1. The summed E-state index contributed by atoms with van der Waals surface area (Å²) in [7, 11) is -3.44. The normalized spacial score (nSPS) is 11.3. The molecule has 0 saturated carbocycles. The summed E-state index contributed by atoms with van der Waals surface area (Å²) in [6.45, 7) is 5.30. The molecule has 0 aliphatic carbocycles. The molecule has 0 aliphatic heterocycles. The summed E-state index contributed by atoms with van der Waals surface area (Å²) in [5, 5.41) is 2.84. The molecular formula is C14H26ClN3O3S2. The van der Waals surface area contributed by atoms with Crippen molar-refractivity contribution >= 4 is 39.7 Å². The highest BCUT2D eigenvalue weighted by Crippen LogP contribution is 2.21. The minimum absolute atomic E-state index is 0. The zero-order chi connectivity index (χ0) is 16.6. The van der Waals surface area contributed by atoms with Crippen LogP contribution in [0.2, 0.25) is 0 Å². The van der Waals surface area contributed by atoms with Gasteiger partial charge in [-0.1, -0.05) is 13.8 Å². The summed E-state index contributed by atoms with van der Waals surface area (Å²) in [4.78, 5) is 12.5. The smallest absolute Gasteiger partial charge is 0.250 e. The lowest BCUT2D eigenvalue weighted by Crippen LogP contribution is -2.26. The van der Waals surface area contributed by atoms with Gasteiger partial charge in [0.25, 0.3) is 0 Å². The number of amides is 1. The Kier molecular flexibility index (Phi) is 10.7. The summed E-state index contributed by atoms with van der Waals surface area (Å²) in [5.74, 6) is 0.362. The Balaban J connectivity index is 0.00000484. The number of carbonyl (C=O) groups excluding carboxylic acids is 1. The molecule has 1 aromatic rings. The summed E-state index contributed by atoms with van der Waals surface area (Å²) >= 11 is 1.23. The molecule has 23 heavy (non-hydrogen) atoms. The fourth-order valence-electron chi connectivity index (χ4n) is 1.78. The lowest BCUT2D eigenvalue weighted by atomic mass is 10.1. The fourth-order valence-corrected chi connectivity index (χ4v) is 4.26. The summed E-state index contributed by atoms with van der Waals surface area (Å²) in [6, 6.07) is 3.39. The molecule has 0 radical (unpaired) electrons. The topological polar surface area (TPSA) is 101 Å². The Hall–Kier alpha value is -0.670. The number of hydrogen-bond donors (Lipinski definition) is 3. The van der Waals surface area contributed by atoms with E-state index >= 15 is 0 Å². The molecule has 6 nitrogen and oxygen atoms in total. The molecule has 0 aromatic carbocycles. The van der Waals surface area contributed by atoms with Crippen LogP contribution in [-0.2, 0) is 21.2 Å². The van der Waals surface area contributed by atoms with Gasteiger partial charge in [0, 0.05) is 24.4 Å². The molecule has 1 rings (SSSR count). The highest BCUT2D eigenvalue weighted by atomic mass is 35.5. The van der Waals surface area contributed by atoms with E-state index in [9.17, 15) is 13.2 Å². The van der Waals surface area contributed by atoms with E-state index in [1.807, 2.05) is 13.8 Å². The molecule has 9 heteroatoms. The average molecular weight is 384 g/mol. The number of nitrogens with one attached hydrogen (secondary N) is 2. The Bertz CT molecular complexity index is 574. The predicted octanol–water partition coefficient (Wildman–Crippen LogP) is 1.50. The molecule has 1 amide bonds. The minimum atomic E-state index is -3.44. The van der Waals surface area contributed by atoms with Gasteiger partial charge in [-0.15, -0.1) is 23.7 Å². The summed E-state index contributed by atoms with van der Waals surface area (Å²) in [5.41, 5.74) is 5.34. The Labute approximate surface area is 148 Å². The van der Waals surface area contributed by atoms with Gasteiger partial charge in [0.15, 0.2) is 0 Å². The third kappa shape index (κ3) is 8.66. The zero-order valence-corrected chi connectivity index (χ0v) is 16.0. The Morgan fingerprint density at radius 2 is 2.00 bits per heavy atom. The fraction of sp³-hybridized carbons (Fsp3) is 0.643. The highest BCUT2D eigenvalue weighted by molar-refractivity contribution is 7.91. The van der Waals surface area contributed by atoms with Gasteiger partial charge in [-0.2, -0.15) is 0 Å². The first kappa shape index (κ1) is 22.3. The maximum Gasteiger partial charge on any atom is 0.250 e. The van der Waals surface area contributed by atoms with E-state index in [2.05, 4.69) is 10.0 Å². The molecule has 0 fully saturated rings. The van der Waals surface area contributed by atoms with Crippen molar-refractivity contribution in [2.75, 3.05) is 19.6 Å². The largest absolute Gasteiger partial charge is 0.356 e. The number of nitrogens with two attached hydrogens (primary N) is 1. The maximum absolute atomic E-state index is 12.0. The number of thiophene rings is 1. The first-order valence-electron chi connectivity index (χ1n) is 7.40. The van der Waals surface area contributed by atoms with Crippen LogP contribution in [0.5, 0.6) is 0 Å². The molecule has 0 spiro atoms. The van der Waals surface area contributed by atoms with Crippen LogP contribution in [0.25, 0.3) is 0 Å². The molecule has 0 saturated heterocycles. The third-order valence-electron chi connectivity index (χ3n) is 2.86. The molecule has 0 atom stereocenters. The van der Waals surface area contributed by atoms with E-state index in [1.54, 1.807) is 12.1 Å². The molecule has 1 aromatic heterocycles. The molecule has 134 valence electrons. The van der Waals surface area contributed by atoms with E-state index < -0.39 is 10.0 Å². The third-order valence-corrected chi connectivity index (χ3v) is 5.96. The van der Waals surface area contributed by atoms with Crippen molar-refractivity contribution in [3.05, 3.63) is 17.0 Å². The van der Waals surface area contributed by atoms with Gasteiger partial charge in [-0.25, -0.2) is 13.1 Å². The van der Waals surface area contributed by atoms with Crippen molar-refractivity contribution < 1.29 is 13.2 Å². The van der Waals surface area contributed by atoms with Crippen LogP contribution >= 0.6 is 23.7 Å². The molecule has 0 unspecified atom stereocenters. The van der Waals surface area contributed by atoms with Crippen LogP contribution in [0.15, 0.2) is 16.3 Å². The second-order valence-electron chi connectivity index (χ2n) is 5.46. The van der Waals surface area contributed by atoms with E-state index in [-0.39, 0.29) is 18.3 Å². The lowest BCUT2D eigenvalue weighted by molar-refractivity contribution is -0.121. The zero-order valence-electron chi connectivity index (χ0n) is 13.5. The van der Waals surface area contributed by atoms with Crippen molar-refractivity contribution in [1.29, 1.82) is 0 Å². The van der Waals surface area contributed by atoms with Crippen LogP contribution in [-0.4, -0.2) is 34.0 Å². The number of hydrogen-bond acceptors (Lipinski definition) is 5. The van der Waals surface area contributed by atoms with Crippen molar-refractivity contribution in [2.24, 2.45) is 11.7 Å². The lowest BCUT2D eigenvalue weighted by Gasteiger charge is -2.06. The van der Waals surface area contributed by atoms with Gasteiger partial charge < -0.3 is 11.1 Å². The maximum atomic E-state index is 12.0. The van der Waals surface area contributed by atoms with Gasteiger partial charge in [0.2, 0.25) is 15.9 Å². The second-order valence-corrected chi connectivity index (χ2v) is 8.62. The first-order valence-corrected chi connectivity index (χ1v) is 9.70. The molecule has 1 heterocycles. The summed E-state index contributed by atoms with van der Waals surface area (Å²) < 4.78 is 26.8. The van der Waals surface area contributed by atoms with Crippen molar-refractivity contribution in [2.45, 2.75) is 37.3 Å². The van der Waals surface area contributed by atoms with E-state index in [4.69, 9.17) is 5.73 Å². The number of sulfonamides is 1. The molecule has 0 bridgehead atoms. The van der Waals surface area contributed by atoms with Crippen molar-refractivity contribution in [1.82, 2.24) is 10.0 Å². The van der Waals surface area contributed by atoms with Gasteiger partial charge in [-0.05, 0) is 37.4 Å². The van der Waals surface area contributed by atoms with Crippen LogP contribution in [0, 0.1) is 5.92 Å². The quantitative estimate of drug-likeness (QED) is 0.533. The van der Waals surface area contributed by atoms with Crippen molar-refractivity contribution in [3.63, 3.8) is 0 Å². The van der Waals surface area contributed by atoms with Gasteiger partial charge in [0.1, 0.15) is 4.21 Å². The molecular weight excluding hydrogens is 358 g/mol. The second kappa shape index (κ2) is 11.0. The average Bonchev–Trinajstić information content (AvgIpc) is 2.87. The Morgan fingerprint density at radius 1 is 1.30 bits per heavy atom. The summed E-state index contributed by atoms with van der Waals surface area (Å²) in [6.07, 6.45) is 1.75. The van der Waals surface area contributed by atoms with E-state index in [0.29, 0.717) is 49.0 Å². The van der Waals surface area contributed by atoms with E-state index in [1.165, 1.54) is 11.3 Å². The predicted molar refractivity (Wildman–Crippen MR) is 96.6 cm³/mol. The number of rotatable bonds is 10. The van der Waals surface area contributed by atoms with Gasteiger partial charge in [0.05, 0.1) is 0 Å². The standard InChI is InChI=1S/C14H25N3O3S2.ClH/c1-11(2)10-13(18)16-9-6-12-4-5-14(21-12)22(19,20)17-8-3-7-15;/h4-5,11,17H,3,6-10,15H2,1-2H3,(H,16,18);1H. The Morgan fingerprint density at radius 3 is 2.61 bits per heavy atom. The molecule has 4 N–H and O–H groups in total.